The van der Waals surface area contributed by atoms with Gasteiger partial charge in [0, 0.05) is 11.3 Å². The van der Waals surface area contributed by atoms with Crippen molar-refractivity contribution in [2.24, 2.45) is 0 Å². The van der Waals surface area contributed by atoms with Gasteiger partial charge in [0.2, 0.25) is 10.0 Å². The molecular weight excluding hydrogens is 366 g/mol. The van der Waals surface area contributed by atoms with E-state index in [1.807, 2.05) is 0 Å². The van der Waals surface area contributed by atoms with E-state index in [0.717, 1.165) is 12.3 Å². The zero-order valence-corrected chi connectivity index (χ0v) is 15.0. The van der Waals surface area contributed by atoms with Gasteiger partial charge >= 0.3 is 5.97 Å². The predicted molar refractivity (Wildman–Crippen MR) is 86.7 cm³/mol. The summed E-state index contributed by atoms with van der Waals surface area (Å²) in [5, 5.41) is 9.18. The van der Waals surface area contributed by atoms with Crippen molar-refractivity contribution in [2.75, 3.05) is 6.26 Å². The lowest BCUT2D eigenvalue weighted by Crippen LogP contribution is -2.40. The summed E-state index contributed by atoms with van der Waals surface area (Å²) in [6, 6.07) is 2.49. The molecule has 1 rings (SSSR count). The second-order valence-electron chi connectivity index (χ2n) is 5.12. The minimum atomic E-state index is -4.23. The van der Waals surface area contributed by atoms with Crippen LogP contribution in [0.5, 0.6) is 0 Å². The van der Waals surface area contributed by atoms with Crippen molar-refractivity contribution in [3.8, 4) is 0 Å². The summed E-state index contributed by atoms with van der Waals surface area (Å²) in [5.74, 6) is -1.80. The van der Waals surface area contributed by atoms with E-state index in [4.69, 9.17) is 16.7 Å². The van der Waals surface area contributed by atoms with Crippen LogP contribution in [0.25, 0.3) is 0 Å². The van der Waals surface area contributed by atoms with Gasteiger partial charge in [-0.15, -0.1) is 0 Å². The average molecular weight is 384 g/mol. The molecule has 1 aromatic carbocycles. The van der Waals surface area contributed by atoms with Gasteiger partial charge in [0.15, 0.2) is 9.84 Å². The number of carboxylic acid groups (broad SMARTS) is 1. The topological polar surface area (TPSA) is 118 Å². The largest absolute Gasteiger partial charge is 0.480 e. The average Bonchev–Trinajstić information content (AvgIpc) is 2.38. The van der Waals surface area contributed by atoms with Gasteiger partial charge in [-0.1, -0.05) is 31.0 Å². The molecule has 0 aliphatic rings. The maximum Gasteiger partial charge on any atom is 0.321 e. The molecule has 2 N–H and O–H groups in total. The monoisotopic (exact) mass is 383 g/mol. The van der Waals surface area contributed by atoms with Gasteiger partial charge in [-0.2, -0.15) is 4.72 Å². The second-order valence-corrected chi connectivity index (χ2v) is 9.38. The van der Waals surface area contributed by atoms with E-state index >= 15 is 0 Å². The third-order valence-electron chi connectivity index (χ3n) is 2.91. The molecule has 10 heteroatoms. The molecule has 1 aromatic rings. The summed E-state index contributed by atoms with van der Waals surface area (Å²) in [6.07, 6.45) is 1.55. The van der Waals surface area contributed by atoms with E-state index in [9.17, 15) is 21.6 Å². The van der Waals surface area contributed by atoms with E-state index in [0.29, 0.717) is 6.42 Å². The number of nitrogens with one attached hydrogen (secondary N) is 1. The van der Waals surface area contributed by atoms with Gasteiger partial charge < -0.3 is 5.11 Å². The summed E-state index contributed by atoms with van der Waals surface area (Å²) >= 11 is 5.80. The minimum Gasteiger partial charge on any atom is -0.480 e. The Labute approximate surface area is 140 Å². The lowest BCUT2D eigenvalue weighted by molar-refractivity contribution is -0.139. The van der Waals surface area contributed by atoms with E-state index in [1.165, 1.54) is 12.1 Å². The molecule has 0 aliphatic carbocycles. The highest BCUT2D eigenvalue weighted by Crippen LogP contribution is 2.23. The number of hydrogen-bond acceptors (Lipinski definition) is 5. The fourth-order valence-electron chi connectivity index (χ4n) is 1.95. The highest BCUT2D eigenvalue weighted by Gasteiger charge is 2.27. The van der Waals surface area contributed by atoms with Crippen LogP contribution >= 0.6 is 11.6 Å². The highest BCUT2D eigenvalue weighted by atomic mass is 35.5. The number of carboxylic acids is 1. The van der Waals surface area contributed by atoms with Gasteiger partial charge in [-0.3, -0.25) is 4.79 Å². The molecule has 23 heavy (non-hydrogen) atoms. The first-order valence-corrected chi connectivity index (χ1v) is 10.6. The van der Waals surface area contributed by atoms with Crippen molar-refractivity contribution in [3.63, 3.8) is 0 Å². The number of hydrogen-bond donors (Lipinski definition) is 2. The van der Waals surface area contributed by atoms with Crippen LogP contribution in [-0.2, 0) is 30.4 Å². The summed E-state index contributed by atoms with van der Waals surface area (Å²) in [6.45, 7) is 1.72. The molecule has 130 valence electrons. The Kier molecular flexibility index (Phi) is 6.58. The third-order valence-corrected chi connectivity index (χ3v) is 5.53. The predicted octanol–water partition coefficient (Wildman–Crippen LogP) is 1.42. The number of carbonyl (C=O) groups is 1. The smallest absolute Gasteiger partial charge is 0.321 e. The van der Waals surface area contributed by atoms with Crippen LogP contribution in [0.3, 0.4) is 0 Å². The van der Waals surface area contributed by atoms with Crippen LogP contribution in [0.15, 0.2) is 23.1 Å². The van der Waals surface area contributed by atoms with E-state index in [2.05, 4.69) is 4.72 Å². The Balaban J connectivity index is 3.31. The summed E-state index contributed by atoms with van der Waals surface area (Å²) in [7, 11) is -7.71. The Bertz CT molecular complexity index is 789. The maximum absolute atomic E-state index is 12.5. The van der Waals surface area contributed by atoms with Crippen LogP contribution in [-0.4, -0.2) is 40.2 Å². The molecule has 1 unspecified atom stereocenters. The molecule has 0 aromatic heterocycles. The molecule has 0 heterocycles. The molecule has 0 saturated heterocycles. The first-order chi connectivity index (χ1) is 10.5. The van der Waals surface area contributed by atoms with Crippen molar-refractivity contribution in [1.29, 1.82) is 0 Å². The summed E-state index contributed by atoms with van der Waals surface area (Å²) in [5.41, 5.74) is 0.0324. The van der Waals surface area contributed by atoms with Gasteiger partial charge in [0.05, 0.1) is 10.6 Å². The van der Waals surface area contributed by atoms with Crippen molar-refractivity contribution in [2.45, 2.75) is 36.5 Å². The Morgan fingerprint density at radius 1 is 1.30 bits per heavy atom. The van der Waals surface area contributed by atoms with Gasteiger partial charge in [0.25, 0.3) is 0 Å². The van der Waals surface area contributed by atoms with Gasteiger partial charge in [-0.05, 0) is 24.1 Å². The molecule has 1 atom stereocenters. The number of sulfonamides is 1. The number of benzene rings is 1. The highest BCUT2D eigenvalue weighted by molar-refractivity contribution is 7.90. The lowest BCUT2D eigenvalue weighted by atomic mass is 10.2. The molecule has 7 nitrogen and oxygen atoms in total. The Hall–Kier alpha value is -1.16. The summed E-state index contributed by atoms with van der Waals surface area (Å²) < 4.78 is 49.9. The molecule has 0 spiro atoms. The van der Waals surface area contributed by atoms with Crippen LogP contribution in [0.2, 0.25) is 5.02 Å². The first-order valence-electron chi connectivity index (χ1n) is 6.67. The normalized spacial score (nSPS) is 13.7. The SMILES string of the molecule is CCCC(NS(=O)(=O)c1cc(Cl)ccc1CS(C)(=O)=O)C(=O)O. The zero-order valence-electron chi connectivity index (χ0n) is 12.6. The molecule has 0 saturated carbocycles. The second kappa shape index (κ2) is 7.61. The Morgan fingerprint density at radius 3 is 2.39 bits per heavy atom. The molecule has 0 amide bonds. The zero-order chi connectivity index (χ0) is 17.8. The van der Waals surface area contributed by atoms with E-state index < -0.39 is 37.6 Å². The maximum atomic E-state index is 12.5. The van der Waals surface area contributed by atoms with Crippen LogP contribution in [0.1, 0.15) is 25.3 Å². The van der Waals surface area contributed by atoms with Crippen molar-refractivity contribution in [3.05, 3.63) is 28.8 Å². The molecule has 0 radical (unpaired) electrons. The van der Waals surface area contributed by atoms with Crippen molar-refractivity contribution >= 4 is 37.4 Å². The Morgan fingerprint density at radius 2 is 1.91 bits per heavy atom. The minimum absolute atomic E-state index is 0.0324. The third kappa shape index (κ3) is 6.09. The lowest BCUT2D eigenvalue weighted by Gasteiger charge is -2.16. The standard InChI is InChI=1S/C13H18ClNO6S2/c1-3-4-11(13(16)17)15-23(20,21)12-7-10(14)6-5-9(12)8-22(2,18)19/h5-7,11,15H,3-4,8H2,1-2H3,(H,16,17). The van der Waals surface area contributed by atoms with E-state index in [-0.39, 0.29) is 21.9 Å². The fourth-order valence-corrected chi connectivity index (χ4v) is 4.59. The number of halogens is 1. The first kappa shape index (κ1) is 19.9. The fraction of sp³-hybridized carbons (Fsp3) is 0.462. The molecule has 0 fully saturated rings. The number of rotatable bonds is 8. The number of aliphatic carboxylic acids is 1. The van der Waals surface area contributed by atoms with E-state index in [1.54, 1.807) is 6.92 Å². The molecule has 0 bridgehead atoms. The summed E-state index contributed by atoms with van der Waals surface area (Å²) in [4.78, 5) is 10.8. The molecular formula is C13H18ClNO6S2. The molecule has 0 aliphatic heterocycles. The van der Waals surface area contributed by atoms with Crippen molar-refractivity contribution in [1.82, 2.24) is 4.72 Å². The van der Waals surface area contributed by atoms with Gasteiger partial charge in [0.1, 0.15) is 6.04 Å². The van der Waals surface area contributed by atoms with Crippen LogP contribution in [0, 0.1) is 0 Å². The van der Waals surface area contributed by atoms with Crippen molar-refractivity contribution < 1.29 is 26.7 Å². The van der Waals surface area contributed by atoms with Gasteiger partial charge in [-0.25, -0.2) is 16.8 Å². The van der Waals surface area contributed by atoms with Crippen LogP contribution in [0.4, 0.5) is 0 Å². The number of sulfone groups is 1. The quantitative estimate of drug-likeness (QED) is 0.700. The van der Waals surface area contributed by atoms with Crippen LogP contribution < -0.4 is 4.72 Å².